The number of amidine groups is 1. The summed E-state index contributed by atoms with van der Waals surface area (Å²) in [5, 5.41) is 12.8. The number of nitrogens with one attached hydrogen (secondary N) is 1. The molecule has 2 N–H and O–H groups in total. The average Bonchev–Trinajstić information content (AvgIpc) is 2.53. The summed E-state index contributed by atoms with van der Waals surface area (Å²) in [4.78, 5) is 4.27. The zero-order chi connectivity index (χ0) is 9.03. The summed E-state index contributed by atoms with van der Waals surface area (Å²) in [7, 11) is 0. The van der Waals surface area contributed by atoms with Crippen LogP contribution in [-0.4, -0.2) is 29.6 Å². The topological polar surface area (TPSA) is 44.6 Å². The van der Waals surface area contributed by atoms with Gasteiger partial charge in [-0.05, 0) is 19.8 Å². The van der Waals surface area contributed by atoms with Crippen LogP contribution in [0.15, 0.2) is 4.99 Å². The highest BCUT2D eigenvalue weighted by atomic mass is 16.3. The van der Waals surface area contributed by atoms with Gasteiger partial charge in [0.2, 0.25) is 0 Å². The van der Waals surface area contributed by atoms with E-state index >= 15 is 0 Å². The lowest BCUT2D eigenvalue weighted by molar-refractivity contribution is 0.0605. The molecule has 1 unspecified atom stereocenters. The molecule has 1 aliphatic rings. The van der Waals surface area contributed by atoms with E-state index in [1.807, 2.05) is 13.8 Å². The maximum Gasteiger partial charge on any atom is 0.0964 e. The van der Waals surface area contributed by atoms with Gasteiger partial charge in [0.15, 0.2) is 0 Å². The van der Waals surface area contributed by atoms with Crippen molar-refractivity contribution >= 4 is 5.84 Å². The molecule has 0 fully saturated rings. The van der Waals surface area contributed by atoms with Crippen molar-refractivity contribution in [3.63, 3.8) is 0 Å². The molecule has 0 aromatic heterocycles. The van der Waals surface area contributed by atoms with E-state index in [0.29, 0.717) is 6.54 Å². The van der Waals surface area contributed by atoms with Crippen molar-refractivity contribution in [3.05, 3.63) is 0 Å². The lowest BCUT2D eigenvalue weighted by Crippen LogP contribution is -2.39. The average molecular weight is 170 g/mol. The molecule has 0 radical (unpaired) electrons. The Balaban J connectivity index is 2.24. The van der Waals surface area contributed by atoms with E-state index in [9.17, 15) is 5.11 Å². The highest BCUT2D eigenvalue weighted by Crippen LogP contribution is 2.07. The first-order valence-corrected chi connectivity index (χ1v) is 4.63. The van der Waals surface area contributed by atoms with Crippen LogP contribution in [-0.2, 0) is 0 Å². The van der Waals surface area contributed by atoms with Crippen LogP contribution in [0.25, 0.3) is 0 Å². The molecule has 70 valence electrons. The van der Waals surface area contributed by atoms with Gasteiger partial charge < -0.3 is 10.4 Å². The smallest absolute Gasteiger partial charge is 0.0964 e. The third-order valence-electron chi connectivity index (χ3n) is 2.31. The van der Waals surface area contributed by atoms with E-state index in [0.717, 1.165) is 31.6 Å². The summed E-state index contributed by atoms with van der Waals surface area (Å²) < 4.78 is 0. The molecule has 0 saturated carbocycles. The fourth-order valence-corrected chi connectivity index (χ4v) is 1.10. The number of rotatable bonds is 3. The molecule has 1 atom stereocenters. The Kier molecular flexibility index (Phi) is 3.09. The van der Waals surface area contributed by atoms with Gasteiger partial charge in [0.1, 0.15) is 0 Å². The molecule has 0 bridgehead atoms. The quantitative estimate of drug-likeness (QED) is 0.661. The van der Waals surface area contributed by atoms with E-state index in [4.69, 9.17) is 0 Å². The Labute approximate surface area is 73.9 Å². The van der Waals surface area contributed by atoms with Crippen LogP contribution in [0.4, 0.5) is 0 Å². The molecule has 0 saturated heterocycles. The fourth-order valence-electron chi connectivity index (χ4n) is 1.10. The van der Waals surface area contributed by atoms with Crippen molar-refractivity contribution in [3.8, 4) is 0 Å². The summed E-state index contributed by atoms with van der Waals surface area (Å²) in [5.41, 5.74) is -0.592. The maximum absolute atomic E-state index is 9.67. The van der Waals surface area contributed by atoms with E-state index in [1.165, 1.54) is 0 Å². The van der Waals surface area contributed by atoms with Gasteiger partial charge in [0.05, 0.1) is 11.4 Å². The van der Waals surface area contributed by atoms with Crippen LogP contribution in [0, 0.1) is 0 Å². The molecule has 3 heteroatoms. The maximum atomic E-state index is 9.67. The first-order chi connectivity index (χ1) is 5.64. The van der Waals surface area contributed by atoms with Crippen LogP contribution < -0.4 is 5.32 Å². The SMILES string of the molecule is CCC(C)(O)CNC1=NCCC1. The molecule has 0 spiro atoms. The van der Waals surface area contributed by atoms with Crippen LogP contribution in [0.5, 0.6) is 0 Å². The van der Waals surface area contributed by atoms with E-state index in [-0.39, 0.29) is 0 Å². The van der Waals surface area contributed by atoms with Crippen molar-refractivity contribution in [2.75, 3.05) is 13.1 Å². The van der Waals surface area contributed by atoms with Gasteiger partial charge in [-0.25, -0.2) is 0 Å². The molecule has 12 heavy (non-hydrogen) atoms. The van der Waals surface area contributed by atoms with Gasteiger partial charge in [-0.3, -0.25) is 4.99 Å². The highest BCUT2D eigenvalue weighted by molar-refractivity contribution is 5.83. The molecule has 0 aromatic rings. The minimum atomic E-state index is -0.592. The van der Waals surface area contributed by atoms with E-state index in [1.54, 1.807) is 0 Å². The van der Waals surface area contributed by atoms with Crippen molar-refractivity contribution < 1.29 is 5.11 Å². The fraction of sp³-hybridized carbons (Fsp3) is 0.889. The number of hydrogen-bond donors (Lipinski definition) is 2. The Morgan fingerprint density at radius 1 is 1.67 bits per heavy atom. The standard InChI is InChI=1S/C9H18N2O/c1-3-9(2,12)7-11-8-5-4-6-10-8/h12H,3-7H2,1-2H3,(H,10,11). The summed E-state index contributed by atoms with van der Waals surface area (Å²) in [6, 6.07) is 0. The zero-order valence-electron chi connectivity index (χ0n) is 7.93. The molecule has 1 rings (SSSR count). The minimum Gasteiger partial charge on any atom is -0.388 e. The van der Waals surface area contributed by atoms with Crippen molar-refractivity contribution in [2.45, 2.75) is 38.7 Å². The molecule has 1 aliphatic heterocycles. The first kappa shape index (κ1) is 9.52. The molecule has 0 aliphatic carbocycles. The summed E-state index contributed by atoms with van der Waals surface area (Å²) in [5.74, 6) is 1.06. The summed E-state index contributed by atoms with van der Waals surface area (Å²) in [6.45, 7) is 5.38. The number of aliphatic hydroxyl groups is 1. The second kappa shape index (κ2) is 3.90. The normalized spacial score (nSPS) is 21.8. The van der Waals surface area contributed by atoms with Gasteiger partial charge in [-0.2, -0.15) is 0 Å². The summed E-state index contributed by atoms with van der Waals surface area (Å²) >= 11 is 0. The number of hydrogen-bond acceptors (Lipinski definition) is 3. The second-order valence-corrected chi connectivity index (χ2v) is 3.64. The number of nitrogens with zero attached hydrogens (tertiary/aromatic N) is 1. The Hall–Kier alpha value is -0.570. The van der Waals surface area contributed by atoms with Gasteiger partial charge in [0.25, 0.3) is 0 Å². The molecular weight excluding hydrogens is 152 g/mol. The van der Waals surface area contributed by atoms with E-state index in [2.05, 4.69) is 10.3 Å². The monoisotopic (exact) mass is 170 g/mol. The lowest BCUT2D eigenvalue weighted by atomic mass is 10.0. The first-order valence-electron chi connectivity index (χ1n) is 4.63. The van der Waals surface area contributed by atoms with Crippen LogP contribution >= 0.6 is 0 Å². The molecule has 1 heterocycles. The number of aliphatic imine (C=N–C) groups is 1. The molecule has 3 nitrogen and oxygen atoms in total. The predicted molar refractivity (Wildman–Crippen MR) is 50.5 cm³/mol. The van der Waals surface area contributed by atoms with Crippen molar-refractivity contribution in [2.24, 2.45) is 4.99 Å². The van der Waals surface area contributed by atoms with Gasteiger partial charge in [0, 0.05) is 19.5 Å². The van der Waals surface area contributed by atoms with E-state index < -0.39 is 5.60 Å². The van der Waals surface area contributed by atoms with Gasteiger partial charge >= 0.3 is 0 Å². The Morgan fingerprint density at radius 2 is 2.42 bits per heavy atom. The van der Waals surface area contributed by atoms with Crippen LogP contribution in [0.2, 0.25) is 0 Å². The lowest BCUT2D eigenvalue weighted by Gasteiger charge is -2.22. The van der Waals surface area contributed by atoms with Gasteiger partial charge in [-0.1, -0.05) is 6.92 Å². The molecule has 0 amide bonds. The third-order valence-corrected chi connectivity index (χ3v) is 2.31. The summed E-state index contributed by atoms with van der Waals surface area (Å²) in [6.07, 6.45) is 2.96. The molecular formula is C9H18N2O. The second-order valence-electron chi connectivity index (χ2n) is 3.64. The molecule has 0 aromatic carbocycles. The Morgan fingerprint density at radius 3 is 2.92 bits per heavy atom. The largest absolute Gasteiger partial charge is 0.388 e. The van der Waals surface area contributed by atoms with Gasteiger partial charge in [-0.15, -0.1) is 0 Å². The Bertz CT molecular complexity index is 175. The predicted octanol–water partition coefficient (Wildman–Crippen LogP) is 0.929. The highest BCUT2D eigenvalue weighted by Gasteiger charge is 2.18. The minimum absolute atomic E-state index is 0.592. The van der Waals surface area contributed by atoms with Crippen molar-refractivity contribution in [1.82, 2.24) is 5.32 Å². The van der Waals surface area contributed by atoms with Crippen LogP contribution in [0.3, 0.4) is 0 Å². The third kappa shape index (κ3) is 2.81. The van der Waals surface area contributed by atoms with Crippen LogP contribution in [0.1, 0.15) is 33.1 Å². The van der Waals surface area contributed by atoms with Crippen molar-refractivity contribution in [1.29, 1.82) is 0 Å². The zero-order valence-corrected chi connectivity index (χ0v) is 7.93.